The van der Waals surface area contributed by atoms with Crippen molar-refractivity contribution in [2.45, 2.75) is 12.8 Å². The highest BCUT2D eigenvalue weighted by atomic mass is 16.2. The summed E-state index contributed by atoms with van der Waals surface area (Å²) in [5.74, 6) is 1.42. The fourth-order valence-electron chi connectivity index (χ4n) is 3.27. The molecule has 3 saturated heterocycles. The molecule has 0 aliphatic carbocycles. The Labute approximate surface area is 101 Å². The van der Waals surface area contributed by atoms with E-state index in [9.17, 15) is 9.59 Å². The van der Waals surface area contributed by atoms with Crippen molar-refractivity contribution in [2.24, 2.45) is 11.8 Å². The van der Waals surface area contributed by atoms with Crippen molar-refractivity contribution in [2.75, 3.05) is 39.3 Å². The molecule has 0 aromatic rings. The highest BCUT2D eigenvalue weighted by Gasteiger charge is 2.37. The van der Waals surface area contributed by atoms with Gasteiger partial charge in [0.05, 0.1) is 6.54 Å². The van der Waals surface area contributed by atoms with E-state index in [4.69, 9.17) is 0 Å². The van der Waals surface area contributed by atoms with E-state index in [1.165, 1.54) is 4.90 Å². The quantitative estimate of drug-likeness (QED) is 0.689. The number of fused-ring (bicyclic) bond motifs is 1. The number of imide groups is 1. The smallest absolute Gasteiger partial charge is 0.243 e. The molecule has 2 amide bonds. The Hall–Kier alpha value is -0.940. The maximum absolute atomic E-state index is 12.0. The minimum atomic E-state index is 0.000401. The largest absolute Gasteiger partial charge is 0.316 e. The topological polar surface area (TPSA) is 52.7 Å². The van der Waals surface area contributed by atoms with Crippen molar-refractivity contribution < 1.29 is 9.59 Å². The predicted molar refractivity (Wildman–Crippen MR) is 62.2 cm³/mol. The van der Waals surface area contributed by atoms with Crippen LogP contribution < -0.4 is 5.32 Å². The van der Waals surface area contributed by atoms with Crippen LogP contribution in [-0.2, 0) is 9.59 Å². The van der Waals surface area contributed by atoms with Crippen molar-refractivity contribution in [3.8, 4) is 0 Å². The first-order chi connectivity index (χ1) is 8.24. The summed E-state index contributed by atoms with van der Waals surface area (Å²) in [6, 6.07) is 0. The molecular formula is C12H19N3O2. The number of nitrogens with zero attached hydrogens (tertiary/aromatic N) is 2. The van der Waals surface area contributed by atoms with E-state index in [0.29, 0.717) is 31.3 Å². The zero-order chi connectivity index (χ0) is 11.8. The molecule has 5 heteroatoms. The first-order valence-electron chi connectivity index (χ1n) is 6.50. The molecule has 0 spiro atoms. The van der Waals surface area contributed by atoms with Crippen LogP contribution >= 0.6 is 0 Å². The Morgan fingerprint density at radius 1 is 1.29 bits per heavy atom. The molecule has 1 N–H and O–H groups in total. The van der Waals surface area contributed by atoms with E-state index < -0.39 is 0 Å². The number of rotatable bonds is 2. The molecule has 94 valence electrons. The first kappa shape index (κ1) is 11.2. The highest BCUT2D eigenvalue weighted by Crippen LogP contribution is 2.26. The van der Waals surface area contributed by atoms with Crippen LogP contribution in [0.3, 0.4) is 0 Å². The van der Waals surface area contributed by atoms with Crippen LogP contribution in [0.4, 0.5) is 0 Å². The molecule has 3 heterocycles. The minimum absolute atomic E-state index is 0.000401. The molecule has 3 rings (SSSR count). The molecule has 0 aromatic carbocycles. The average molecular weight is 237 g/mol. The Kier molecular flexibility index (Phi) is 2.88. The lowest BCUT2D eigenvalue weighted by atomic mass is 10.0. The summed E-state index contributed by atoms with van der Waals surface area (Å²) in [5.41, 5.74) is 0. The zero-order valence-electron chi connectivity index (χ0n) is 10.0. The van der Waals surface area contributed by atoms with E-state index >= 15 is 0 Å². The van der Waals surface area contributed by atoms with Gasteiger partial charge in [0.15, 0.2) is 0 Å². The highest BCUT2D eigenvalue weighted by molar-refractivity contribution is 5.97. The van der Waals surface area contributed by atoms with Crippen LogP contribution in [0.15, 0.2) is 0 Å². The van der Waals surface area contributed by atoms with Crippen molar-refractivity contribution in [3.05, 3.63) is 0 Å². The summed E-state index contributed by atoms with van der Waals surface area (Å²) in [5, 5.41) is 3.38. The molecular weight excluding hydrogens is 218 g/mol. The van der Waals surface area contributed by atoms with E-state index in [1.54, 1.807) is 0 Å². The molecule has 3 aliphatic heterocycles. The monoisotopic (exact) mass is 237 g/mol. The van der Waals surface area contributed by atoms with E-state index in [0.717, 1.165) is 32.6 Å². The molecule has 0 saturated carbocycles. The second-order valence-corrected chi connectivity index (χ2v) is 5.42. The molecule has 0 bridgehead atoms. The van der Waals surface area contributed by atoms with E-state index in [1.807, 2.05) is 0 Å². The number of hydrogen-bond acceptors (Lipinski definition) is 4. The summed E-state index contributed by atoms with van der Waals surface area (Å²) in [6.45, 7) is 5.23. The number of amides is 2. The van der Waals surface area contributed by atoms with Gasteiger partial charge in [-0.2, -0.15) is 0 Å². The summed E-state index contributed by atoms with van der Waals surface area (Å²) in [4.78, 5) is 27.1. The lowest BCUT2D eigenvalue weighted by Crippen LogP contribution is -2.41. The van der Waals surface area contributed by atoms with Crippen LogP contribution in [0.25, 0.3) is 0 Å². The Morgan fingerprint density at radius 3 is 2.59 bits per heavy atom. The fraction of sp³-hybridized carbons (Fsp3) is 0.833. The van der Waals surface area contributed by atoms with Gasteiger partial charge in [-0.25, -0.2) is 0 Å². The Morgan fingerprint density at radius 2 is 2.00 bits per heavy atom. The summed E-state index contributed by atoms with van der Waals surface area (Å²) < 4.78 is 0. The van der Waals surface area contributed by atoms with Crippen LogP contribution in [0.2, 0.25) is 0 Å². The molecule has 0 radical (unpaired) electrons. The summed E-state index contributed by atoms with van der Waals surface area (Å²) in [7, 11) is 0. The van der Waals surface area contributed by atoms with Crippen LogP contribution in [0.5, 0.6) is 0 Å². The molecule has 0 unspecified atom stereocenters. The van der Waals surface area contributed by atoms with Crippen molar-refractivity contribution in [1.82, 2.24) is 15.1 Å². The van der Waals surface area contributed by atoms with Gasteiger partial charge in [0.1, 0.15) is 0 Å². The van der Waals surface area contributed by atoms with Crippen molar-refractivity contribution in [1.29, 1.82) is 0 Å². The second-order valence-electron chi connectivity index (χ2n) is 5.42. The van der Waals surface area contributed by atoms with Crippen molar-refractivity contribution in [3.63, 3.8) is 0 Å². The lowest BCUT2D eigenvalue weighted by Gasteiger charge is -2.20. The fourth-order valence-corrected chi connectivity index (χ4v) is 3.27. The maximum Gasteiger partial charge on any atom is 0.243 e. The second kappa shape index (κ2) is 4.38. The molecule has 0 aromatic heterocycles. The Bertz CT molecular complexity index is 333. The molecule has 3 aliphatic rings. The Balaban J connectivity index is 1.54. The molecule has 3 fully saturated rings. The molecule has 5 nitrogen and oxygen atoms in total. The number of carbonyl (C=O) groups is 2. The third-order valence-corrected chi connectivity index (χ3v) is 4.20. The minimum Gasteiger partial charge on any atom is -0.316 e. The van der Waals surface area contributed by atoms with Gasteiger partial charge in [-0.05, 0) is 31.3 Å². The van der Waals surface area contributed by atoms with E-state index in [-0.39, 0.29) is 11.8 Å². The van der Waals surface area contributed by atoms with Crippen LogP contribution in [-0.4, -0.2) is 60.9 Å². The van der Waals surface area contributed by atoms with Gasteiger partial charge in [-0.15, -0.1) is 0 Å². The standard InChI is InChI=1S/C12H19N3O2/c16-11-2-1-3-15(11)12(17)8-14-6-9-4-13-5-10(9)7-14/h9-10,13H,1-8H2/t9-,10+. The number of hydrogen-bond donors (Lipinski definition) is 1. The molecule has 2 atom stereocenters. The van der Waals surface area contributed by atoms with Gasteiger partial charge in [-0.3, -0.25) is 19.4 Å². The number of likely N-dealkylation sites (tertiary alicyclic amines) is 2. The number of nitrogens with one attached hydrogen (secondary N) is 1. The first-order valence-corrected chi connectivity index (χ1v) is 6.50. The molecule has 17 heavy (non-hydrogen) atoms. The summed E-state index contributed by atoms with van der Waals surface area (Å²) >= 11 is 0. The normalized spacial score (nSPS) is 33.4. The maximum atomic E-state index is 12.0. The average Bonchev–Trinajstić information content (AvgIpc) is 2.92. The number of carbonyl (C=O) groups excluding carboxylic acids is 2. The van der Waals surface area contributed by atoms with Gasteiger partial charge >= 0.3 is 0 Å². The van der Waals surface area contributed by atoms with Crippen LogP contribution in [0, 0.1) is 11.8 Å². The van der Waals surface area contributed by atoms with Gasteiger partial charge in [-0.1, -0.05) is 0 Å². The van der Waals surface area contributed by atoms with Gasteiger partial charge in [0.2, 0.25) is 11.8 Å². The predicted octanol–water partition coefficient (Wildman–Crippen LogP) is -0.713. The third-order valence-electron chi connectivity index (χ3n) is 4.20. The van der Waals surface area contributed by atoms with Gasteiger partial charge < -0.3 is 5.32 Å². The van der Waals surface area contributed by atoms with Gasteiger partial charge in [0.25, 0.3) is 0 Å². The SMILES string of the molecule is O=C1CCCN1C(=O)CN1C[C@H]2CNC[C@H]2C1. The lowest BCUT2D eigenvalue weighted by molar-refractivity contribution is -0.142. The van der Waals surface area contributed by atoms with Crippen molar-refractivity contribution >= 4 is 11.8 Å². The third kappa shape index (κ3) is 2.09. The van der Waals surface area contributed by atoms with E-state index in [2.05, 4.69) is 10.2 Å². The van der Waals surface area contributed by atoms with Gasteiger partial charge in [0, 0.05) is 26.1 Å². The van der Waals surface area contributed by atoms with Crippen LogP contribution in [0.1, 0.15) is 12.8 Å². The zero-order valence-corrected chi connectivity index (χ0v) is 10.0. The summed E-state index contributed by atoms with van der Waals surface area (Å²) in [6.07, 6.45) is 1.38.